The number of hydrazine groups is 1. The molecule has 0 spiro atoms. The van der Waals surface area contributed by atoms with Gasteiger partial charge in [0.2, 0.25) is 0 Å². The second-order valence-electron chi connectivity index (χ2n) is 3.91. The van der Waals surface area contributed by atoms with Crippen LogP contribution in [0.25, 0.3) is 0 Å². The van der Waals surface area contributed by atoms with Crippen LogP contribution < -0.4 is 5.43 Å². The van der Waals surface area contributed by atoms with Crippen LogP contribution in [-0.4, -0.2) is 36.6 Å². The summed E-state index contributed by atoms with van der Waals surface area (Å²) in [5.74, 6) is -1.14. The highest BCUT2D eigenvalue weighted by Crippen LogP contribution is 2.00. The maximum absolute atomic E-state index is 11.4. The summed E-state index contributed by atoms with van der Waals surface area (Å²) in [6.07, 6.45) is -0.771. The van der Waals surface area contributed by atoms with Crippen LogP contribution in [0.2, 0.25) is 0 Å². The normalized spacial score (nSPS) is 9.50. The van der Waals surface area contributed by atoms with Crippen LogP contribution in [0.1, 0.15) is 12.5 Å². The minimum Gasteiger partial charge on any atom is -0.456 e. The van der Waals surface area contributed by atoms with E-state index in [-0.39, 0.29) is 6.61 Å². The summed E-state index contributed by atoms with van der Waals surface area (Å²) >= 11 is 0. The van der Waals surface area contributed by atoms with Gasteiger partial charge in [0.1, 0.15) is 6.61 Å². The van der Waals surface area contributed by atoms with Gasteiger partial charge in [0.05, 0.1) is 0 Å². The van der Waals surface area contributed by atoms with Crippen molar-refractivity contribution in [2.45, 2.75) is 13.5 Å². The fourth-order valence-electron chi connectivity index (χ4n) is 1.21. The van der Waals surface area contributed by atoms with Gasteiger partial charge < -0.3 is 9.47 Å². The molecule has 1 rings (SSSR count). The Hall–Kier alpha value is -2.57. The Labute approximate surface area is 116 Å². The van der Waals surface area contributed by atoms with Crippen LogP contribution in [-0.2, 0) is 25.7 Å². The largest absolute Gasteiger partial charge is 0.456 e. The molecule has 2 amide bonds. The lowest BCUT2D eigenvalue weighted by Gasteiger charge is -2.17. The third-order valence-corrected chi connectivity index (χ3v) is 2.24. The quantitative estimate of drug-likeness (QED) is 0.653. The molecule has 7 heteroatoms. The Kier molecular flexibility index (Phi) is 6.02. The van der Waals surface area contributed by atoms with E-state index < -0.39 is 24.6 Å². The number of rotatable bonds is 4. The molecule has 0 aliphatic rings. The SMILES string of the molecule is CC(=O)OCC(=O)N(C)NC(=O)OCc1ccccc1. The fraction of sp³-hybridized carbons (Fsp3) is 0.308. The van der Waals surface area contributed by atoms with Crippen LogP contribution in [0.3, 0.4) is 0 Å². The Morgan fingerprint density at radius 3 is 2.40 bits per heavy atom. The van der Waals surface area contributed by atoms with Crippen molar-refractivity contribution in [3.8, 4) is 0 Å². The van der Waals surface area contributed by atoms with E-state index in [0.29, 0.717) is 0 Å². The van der Waals surface area contributed by atoms with E-state index in [9.17, 15) is 14.4 Å². The van der Waals surface area contributed by atoms with Gasteiger partial charge >= 0.3 is 12.1 Å². The second kappa shape index (κ2) is 7.78. The van der Waals surface area contributed by atoms with Crippen molar-refractivity contribution in [2.75, 3.05) is 13.7 Å². The van der Waals surface area contributed by atoms with Crippen LogP contribution in [0.4, 0.5) is 4.79 Å². The van der Waals surface area contributed by atoms with E-state index in [0.717, 1.165) is 10.6 Å². The van der Waals surface area contributed by atoms with Gasteiger partial charge in [0, 0.05) is 14.0 Å². The van der Waals surface area contributed by atoms with Crippen molar-refractivity contribution in [1.29, 1.82) is 0 Å². The number of carbonyl (C=O) groups excluding carboxylic acids is 3. The zero-order valence-corrected chi connectivity index (χ0v) is 11.3. The first-order chi connectivity index (χ1) is 9.49. The topological polar surface area (TPSA) is 84.9 Å². The maximum atomic E-state index is 11.4. The zero-order chi connectivity index (χ0) is 15.0. The number of ether oxygens (including phenoxy) is 2. The first-order valence-corrected chi connectivity index (χ1v) is 5.86. The highest BCUT2D eigenvalue weighted by molar-refractivity contribution is 5.81. The van der Waals surface area contributed by atoms with Crippen molar-refractivity contribution in [2.24, 2.45) is 0 Å². The van der Waals surface area contributed by atoms with Gasteiger partial charge in [-0.2, -0.15) is 0 Å². The molecule has 0 saturated heterocycles. The Bertz CT molecular complexity index is 475. The summed E-state index contributed by atoms with van der Waals surface area (Å²) < 4.78 is 9.44. The first kappa shape index (κ1) is 15.5. The number of nitrogens with one attached hydrogen (secondary N) is 1. The molecule has 0 fully saturated rings. The average molecular weight is 280 g/mol. The minimum absolute atomic E-state index is 0.0959. The van der Waals surface area contributed by atoms with Crippen LogP contribution in [0, 0.1) is 0 Å². The van der Waals surface area contributed by atoms with Gasteiger partial charge in [-0.25, -0.2) is 10.2 Å². The molecule has 0 bridgehead atoms. The Morgan fingerprint density at radius 1 is 1.15 bits per heavy atom. The molecule has 1 N–H and O–H groups in total. The molecule has 20 heavy (non-hydrogen) atoms. The van der Waals surface area contributed by atoms with Gasteiger partial charge in [-0.1, -0.05) is 30.3 Å². The van der Waals surface area contributed by atoms with E-state index in [2.05, 4.69) is 10.2 Å². The van der Waals surface area contributed by atoms with Crippen molar-refractivity contribution >= 4 is 18.0 Å². The third kappa shape index (κ3) is 5.85. The monoisotopic (exact) mass is 280 g/mol. The second-order valence-corrected chi connectivity index (χ2v) is 3.91. The number of carbonyl (C=O) groups is 3. The lowest BCUT2D eigenvalue weighted by molar-refractivity contribution is -0.150. The molecule has 108 valence electrons. The minimum atomic E-state index is -0.771. The number of amides is 2. The number of hydrogen-bond acceptors (Lipinski definition) is 5. The predicted molar refractivity (Wildman–Crippen MR) is 69.2 cm³/mol. The van der Waals surface area contributed by atoms with Crippen molar-refractivity contribution in [3.63, 3.8) is 0 Å². The first-order valence-electron chi connectivity index (χ1n) is 5.86. The van der Waals surface area contributed by atoms with E-state index >= 15 is 0 Å². The molecule has 7 nitrogen and oxygen atoms in total. The summed E-state index contributed by atoms with van der Waals surface area (Å²) in [7, 11) is 1.33. The standard InChI is InChI=1S/C13H16N2O5/c1-10(16)19-9-12(17)15(2)14-13(18)20-8-11-6-4-3-5-7-11/h3-7H,8-9H2,1-2H3,(H,14,18). The lowest BCUT2D eigenvalue weighted by Crippen LogP contribution is -2.45. The van der Waals surface area contributed by atoms with Crippen LogP contribution >= 0.6 is 0 Å². The van der Waals surface area contributed by atoms with E-state index in [1.165, 1.54) is 14.0 Å². The highest BCUT2D eigenvalue weighted by Gasteiger charge is 2.13. The number of likely N-dealkylation sites (N-methyl/N-ethyl adjacent to an activating group) is 1. The van der Waals surface area contributed by atoms with Crippen molar-refractivity contribution in [3.05, 3.63) is 35.9 Å². The summed E-state index contributed by atoms with van der Waals surface area (Å²) in [6.45, 7) is 0.846. The van der Waals surface area contributed by atoms with Gasteiger partial charge in [0.15, 0.2) is 6.61 Å². The molecular formula is C13H16N2O5. The lowest BCUT2D eigenvalue weighted by atomic mass is 10.2. The van der Waals surface area contributed by atoms with Gasteiger partial charge in [-0.15, -0.1) is 0 Å². The van der Waals surface area contributed by atoms with E-state index in [1.54, 1.807) is 0 Å². The molecule has 0 aliphatic carbocycles. The molecule has 1 aromatic rings. The van der Waals surface area contributed by atoms with Crippen LogP contribution in [0.5, 0.6) is 0 Å². The smallest absolute Gasteiger partial charge is 0.426 e. The number of benzene rings is 1. The number of hydrogen-bond donors (Lipinski definition) is 1. The predicted octanol–water partition coefficient (Wildman–Crippen LogP) is 0.849. The van der Waals surface area contributed by atoms with Crippen molar-refractivity contribution < 1.29 is 23.9 Å². The summed E-state index contributed by atoms with van der Waals surface area (Å²) in [5.41, 5.74) is 3.04. The summed E-state index contributed by atoms with van der Waals surface area (Å²) in [6, 6.07) is 9.12. The zero-order valence-electron chi connectivity index (χ0n) is 11.3. The van der Waals surface area contributed by atoms with E-state index in [1.807, 2.05) is 30.3 Å². The van der Waals surface area contributed by atoms with Crippen LogP contribution in [0.15, 0.2) is 30.3 Å². The van der Waals surface area contributed by atoms with Gasteiger partial charge in [-0.3, -0.25) is 14.6 Å². The van der Waals surface area contributed by atoms with E-state index in [4.69, 9.17) is 4.74 Å². The molecule has 0 saturated carbocycles. The molecule has 0 radical (unpaired) electrons. The molecule has 0 aliphatic heterocycles. The molecule has 0 unspecified atom stereocenters. The number of esters is 1. The summed E-state index contributed by atoms with van der Waals surface area (Å²) in [4.78, 5) is 33.4. The molecule has 0 heterocycles. The Balaban J connectivity index is 2.30. The third-order valence-electron chi connectivity index (χ3n) is 2.24. The molecule has 0 aromatic heterocycles. The maximum Gasteiger partial charge on any atom is 0.426 e. The molecule has 0 atom stereocenters. The molecular weight excluding hydrogens is 264 g/mol. The molecule has 1 aromatic carbocycles. The van der Waals surface area contributed by atoms with Gasteiger partial charge in [-0.05, 0) is 5.56 Å². The Morgan fingerprint density at radius 2 is 1.80 bits per heavy atom. The number of nitrogens with zero attached hydrogens (tertiary/aromatic N) is 1. The highest BCUT2D eigenvalue weighted by atomic mass is 16.6. The average Bonchev–Trinajstić information content (AvgIpc) is 2.43. The summed E-state index contributed by atoms with van der Waals surface area (Å²) in [5, 5.41) is 0.899. The van der Waals surface area contributed by atoms with Gasteiger partial charge in [0.25, 0.3) is 5.91 Å². The van der Waals surface area contributed by atoms with Crippen molar-refractivity contribution in [1.82, 2.24) is 10.4 Å². The fourth-order valence-corrected chi connectivity index (χ4v) is 1.21.